The molecule has 0 amide bonds. The van der Waals surface area contributed by atoms with Crippen LogP contribution in [0.3, 0.4) is 0 Å². The topological polar surface area (TPSA) is 35.8 Å². The summed E-state index contributed by atoms with van der Waals surface area (Å²) < 4.78 is 0. The van der Waals surface area contributed by atoms with Crippen molar-refractivity contribution in [2.24, 2.45) is 4.99 Å². The number of amidine groups is 1. The molecular formula is C12H16N2O. The lowest BCUT2D eigenvalue weighted by Gasteiger charge is -2.15. The van der Waals surface area contributed by atoms with Gasteiger partial charge in [-0.15, -0.1) is 0 Å². The molecule has 3 heteroatoms. The first kappa shape index (κ1) is 10.2. The van der Waals surface area contributed by atoms with E-state index in [9.17, 15) is 0 Å². The molecule has 1 aliphatic heterocycles. The van der Waals surface area contributed by atoms with Crippen LogP contribution in [0, 0.1) is 0 Å². The fraction of sp³-hybridized carbons (Fsp3) is 0.417. The maximum absolute atomic E-state index is 8.89. The van der Waals surface area contributed by atoms with E-state index in [2.05, 4.69) is 22.0 Å². The molecule has 0 saturated carbocycles. The minimum absolute atomic E-state index is 0.122. The van der Waals surface area contributed by atoms with Crippen LogP contribution in [0.25, 0.3) is 0 Å². The maximum Gasteiger partial charge on any atom is 0.136 e. The number of nitrogens with zero attached hydrogens (tertiary/aromatic N) is 2. The molecular weight excluding hydrogens is 188 g/mol. The van der Waals surface area contributed by atoms with E-state index in [-0.39, 0.29) is 6.73 Å². The first-order valence-corrected chi connectivity index (χ1v) is 5.24. The molecule has 0 spiro atoms. The van der Waals surface area contributed by atoms with Crippen LogP contribution in [-0.2, 0) is 0 Å². The lowest BCUT2D eigenvalue weighted by atomic mass is 9.97. The van der Waals surface area contributed by atoms with E-state index >= 15 is 0 Å². The highest BCUT2D eigenvalue weighted by Crippen LogP contribution is 2.28. The first-order chi connectivity index (χ1) is 7.33. The second-order valence-electron chi connectivity index (χ2n) is 3.83. The zero-order chi connectivity index (χ0) is 10.7. The van der Waals surface area contributed by atoms with Crippen molar-refractivity contribution in [2.45, 2.75) is 12.3 Å². The van der Waals surface area contributed by atoms with E-state index in [1.54, 1.807) is 0 Å². The first-order valence-electron chi connectivity index (χ1n) is 5.24. The van der Waals surface area contributed by atoms with Gasteiger partial charge >= 0.3 is 0 Å². The van der Waals surface area contributed by atoms with Crippen LogP contribution in [-0.4, -0.2) is 36.2 Å². The van der Waals surface area contributed by atoms with Crippen molar-refractivity contribution in [3.05, 3.63) is 35.9 Å². The molecule has 1 aliphatic rings. The van der Waals surface area contributed by atoms with Crippen LogP contribution < -0.4 is 0 Å². The molecule has 1 aromatic rings. The maximum atomic E-state index is 8.89. The van der Waals surface area contributed by atoms with Crippen LogP contribution in [0.5, 0.6) is 0 Å². The summed E-state index contributed by atoms with van der Waals surface area (Å²) in [5.74, 6) is 1.35. The van der Waals surface area contributed by atoms with Gasteiger partial charge in [0.2, 0.25) is 0 Å². The third-order valence-electron chi connectivity index (χ3n) is 2.89. The molecule has 1 atom stereocenters. The SMILES string of the molecule is CN1CC[C@@H](c2ccccc2)C1=NCO. The molecule has 1 fully saturated rings. The number of hydrogen-bond acceptors (Lipinski definition) is 2. The summed E-state index contributed by atoms with van der Waals surface area (Å²) in [4.78, 5) is 6.28. The Balaban J connectivity index is 2.27. The van der Waals surface area contributed by atoms with Crippen molar-refractivity contribution in [1.82, 2.24) is 4.90 Å². The Morgan fingerprint density at radius 2 is 2.13 bits per heavy atom. The van der Waals surface area contributed by atoms with Gasteiger partial charge in [0.1, 0.15) is 12.6 Å². The van der Waals surface area contributed by atoms with Gasteiger partial charge in [-0.3, -0.25) is 0 Å². The Bertz CT molecular complexity index is 348. The number of aliphatic hydroxyl groups excluding tert-OH is 1. The van der Waals surface area contributed by atoms with Crippen LogP contribution in [0.4, 0.5) is 0 Å². The summed E-state index contributed by atoms with van der Waals surface area (Å²) in [5, 5.41) is 8.89. The van der Waals surface area contributed by atoms with Crippen LogP contribution in [0.2, 0.25) is 0 Å². The Morgan fingerprint density at radius 3 is 2.80 bits per heavy atom. The number of likely N-dealkylation sites (N-methyl/N-ethyl adjacent to an activating group) is 1. The van der Waals surface area contributed by atoms with Crippen LogP contribution >= 0.6 is 0 Å². The average molecular weight is 204 g/mol. The second-order valence-corrected chi connectivity index (χ2v) is 3.83. The standard InChI is InChI=1S/C12H16N2O/c1-14-8-7-11(12(14)13-9-15)10-5-3-2-4-6-10/h2-6,11,15H,7-9H2,1H3/t11-/m0/s1. The smallest absolute Gasteiger partial charge is 0.136 e. The third kappa shape index (κ3) is 2.02. The number of rotatable bonds is 2. The molecule has 0 unspecified atom stereocenters. The lowest BCUT2D eigenvalue weighted by Crippen LogP contribution is -2.22. The highest BCUT2D eigenvalue weighted by Gasteiger charge is 2.27. The molecule has 0 radical (unpaired) electrons. The summed E-state index contributed by atoms with van der Waals surface area (Å²) >= 11 is 0. The highest BCUT2D eigenvalue weighted by atomic mass is 16.3. The lowest BCUT2D eigenvalue weighted by molar-refractivity contribution is 0.307. The van der Waals surface area contributed by atoms with Gasteiger partial charge in [0.15, 0.2) is 0 Å². The molecule has 0 aliphatic carbocycles. The monoisotopic (exact) mass is 204 g/mol. The normalized spacial score (nSPS) is 23.7. The molecule has 0 bridgehead atoms. The Hall–Kier alpha value is -1.35. The van der Waals surface area contributed by atoms with Gasteiger partial charge in [0, 0.05) is 19.5 Å². The fourth-order valence-corrected chi connectivity index (χ4v) is 2.14. The van der Waals surface area contributed by atoms with Crippen LogP contribution in [0.1, 0.15) is 17.9 Å². The minimum Gasteiger partial charge on any atom is -0.374 e. The van der Waals surface area contributed by atoms with E-state index < -0.39 is 0 Å². The molecule has 80 valence electrons. The van der Waals surface area contributed by atoms with E-state index in [4.69, 9.17) is 5.11 Å². The van der Waals surface area contributed by atoms with E-state index in [1.165, 1.54) is 5.56 Å². The molecule has 1 N–H and O–H groups in total. The molecule has 1 saturated heterocycles. The van der Waals surface area contributed by atoms with Crippen molar-refractivity contribution in [2.75, 3.05) is 20.3 Å². The van der Waals surface area contributed by atoms with Gasteiger partial charge in [-0.05, 0) is 12.0 Å². The molecule has 1 aromatic carbocycles. The predicted molar refractivity (Wildman–Crippen MR) is 61.0 cm³/mol. The van der Waals surface area contributed by atoms with Crippen molar-refractivity contribution in [1.29, 1.82) is 0 Å². The Morgan fingerprint density at radius 1 is 1.40 bits per heavy atom. The van der Waals surface area contributed by atoms with Crippen molar-refractivity contribution >= 4 is 5.84 Å². The largest absolute Gasteiger partial charge is 0.374 e. The zero-order valence-electron chi connectivity index (χ0n) is 8.93. The number of aliphatic hydroxyl groups is 1. The predicted octanol–water partition coefficient (Wildman–Crippen LogP) is 1.45. The number of aliphatic imine (C=N–C) groups is 1. The molecule has 1 heterocycles. The summed E-state index contributed by atoms with van der Waals surface area (Å²) in [6.07, 6.45) is 1.08. The highest BCUT2D eigenvalue weighted by molar-refractivity contribution is 5.90. The van der Waals surface area contributed by atoms with Crippen LogP contribution in [0.15, 0.2) is 35.3 Å². The Labute approximate surface area is 90.1 Å². The molecule has 2 rings (SSSR count). The van der Waals surface area contributed by atoms with E-state index in [1.807, 2.05) is 25.2 Å². The zero-order valence-corrected chi connectivity index (χ0v) is 8.93. The molecule has 15 heavy (non-hydrogen) atoms. The number of hydrogen-bond donors (Lipinski definition) is 1. The van der Waals surface area contributed by atoms with Crippen molar-refractivity contribution < 1.29 is 5.11 Å². The van der Waals surface area contributed by atoms with Gasteiger partial charge in [-0.25, -0.2) is 4.99 Å². The van der Waals surface area contributed by atoms with Gasteiger partial charge in [-0.1, -0.05) is 30.3 Å². The average Bonchev–Trinajstić information content (AvgIpc) is 2.63. The quantitative estimate of drug-likeness (QED) is 0.791. The molecule has 0 aromatic heterocycles. The van der Waals surface area contributed by atoms with E-state index in [0.717, 1.165) is 18.8 Å². The fourth-order valence-electron chi connectivity index (χ4n) is 2.14. The summed E-state index contributed by atoms with van der Waals surface area (Å²) in [6.45, 7) is 0.890. The number of likely N-dealkylation sites (tertiary alicyclic amines) is 1. The van der Waals surface area contributed by atoms with Gasteiger partial charge in [0.25, 0.3) is 0 Å². The number of benzene rings is 1. The Kier molecular flexibility index (Phi) is 3.02. The van der Waals surface area contributed by atoms with Gasteiger partial charge in [0.05, 0.1) is 0 Å². The third-order valence-corrected chi connectivity index (χ3v) is 2.89. The second kappa shape index (κ2) is 4.45. The molecule has 3 nitrogen and oxygen atoms in total. The van der Waals surface area contributed by atoms with Gasteiger partial charge < -0.3 is 10.0 Å². The van der Waals surface area contributed by atoms with Crippen molar-refractivity contribution in [3.8, 4) is 0 Å². The summed E-state index contributed by atoms with van der Waals surface area (Å²) in [7, 11) is 2.03. The minimum atomic E-state index is -0.122. The summed E-state index contributed by atoms with van der Waals surface area (Å²) in [6, 6.07) is 10.4. The summed E-state index contributed by atoms with van der Waals surface area (Å²) in [5.41, 5.74) is 1.29. The van der Waals surface area contributed by atoms with E-state index in [0.29, 0.717) is 5.92 Å². The van der Waals surface area contributed by atoms with Crippen molar-refractivity contribution in [3.63, 3.8) is 0 Å². The van der Waals surface area contributed by atoms with Gasteiger partial charge in [-0.2, -0.15) is 0 Å².